The number of carbonyl (C=O) groups excluding carboxylic acids is 3. The van der Waals surface area contributed by atoms with Crippen molar-refractivity contribution < 1.29 is 23.5 Å². The van der Waals surface area contributed by atoms with E-state index in [1.54, 1.807) is 53.9 Å². The highest BCUT2D eigenvalue weighted by Crippen LogP contribution is 2.35. The maximum absolute atomic E-state index is 13.6. The first-order chi connectivity index (χ1) is 16.6. The number of ether oxygens (including phenoxy) is 1. The van der Waals surface area contributed by atoms with Crippen molar-refractivity contribution in [3.8, 4) is 5.75 Å². The van der Waals surface area contributed by atoms with Crippen molar-refractivity contribution in [3.05, 3.63) is 70.8 Å². The molecule has 178 valence electrons. The molecule has 3 amide bonds. The molecule has 34 heavy (non-hydrogen) atoms. The zero-order valence-corrected chi connectivity index (χ0v) is 19.7. The lowest BCUT2D eigenvalue weighted by Crippen LogP contribution is -2.49. The largest absolute Gasteiger partial charge is 0.495 e. The van der Waals surface area contributed by atoms with Crippen LogP contribution in [-0.2, 0) is 9.59 Å². The monoisotopic (exact) mass is 481 g/mol. The number of hydrogen-bond donors (Lipinski definition) is 2. The van der Waals surface area contributed by atoms with Gasteiger partial charge in [0.2, 0.25) is 5.91 Å². The Morgan fingerprint density at radius 1 is 1.12 bits per heavy atom. The van der Waals surface area contributed by atoms with Gasteiger partial charge in [0.25, 0.3) is 11.8 Å². The second-order valence-corrected chi connectivity index (χ2v) is 8.95. The number of hydrogen-bond acceptors (Lipinski definition) is 6. The summed E-state index contributed by atoms with van der Waals surface area (Å²) in [7, 11) is 1.50. The molecule has 2 heterocycles. The third-order valence-corrected chi connectivity index (χ3v) is 6.65. The fourth-order valence-electron chi connectivity index (χ4n) is 4.15. The zero-order chi connectivity index (χ0) is 23.9. The molecule has 2 aromatic heterocycles. The van der Waals surface area contributed by atoms with E-state index in [2.05, 4.69) is 10.6 Å². The van der Waals surface area contributed by atoms with Gasteiger partial charge < -0.3 is 19.8 Å². The minimum atomic E-state index is -1.07. The Bertz CT molecular complexity index is 1110. The number of furan rings is 1. The summed E-state index contributed by atoms with van der Waals surface area (Å²) in [6, 6.07) is 12.7. The van der Waals surface area contributed by atoms with Crippen molar-refractivity contribution in [2.24, 2.45) is 0 Å². The topological polar surface area (TPSA) is 101 Å². The zero-order valence-electron chi connectivity index (χ0n) is 18.9. The fourth-order valence-corrected chi connectivity index (χ4v) is 4.79. The quantitative estimate of drug-likeness (QED) is 0.483. The number of amides is 3. The van der Waals surface area contributed by atoms with Gasteiger partial charge in [-0.05, 0) is 48.6 Å². The first kappa shape index (κ1) is 23.6. The van der Waals surface area contributed by atoms with Crippen LogP contribution in [0.5, 0.6) is 5.75 Å². The maximum Gasteiger partial charge on any atom is 0.261 e. The number of nitrogens with zero attached hydrogens (tertiary/aromatic N) is 1. The van der Waals surface area contributed by atoms with E-state index in [1.807, 2.05) is 0 Å². The summed E-state index contributed by atoms with van der Waals surface area (Å²) in [6.07, 6.45) is 5.38. The van der Waals surface area contributed by atoms with Gasteiger partial charge in [-0.25, -0.2) is 0 Å². The average Bonchev–Trinajstić information content (AvgIpc) is 3.64. The highest BCUT2D eigenvalue weighted by molar-refractivity contribution is 7.12. The molecule has 1 atom stereocenters. The van der Waals surface area contributed by atoms with E-state index in [0.717, 1.165) is 25.7 Å². The summed E-state index contributed by atoms with van der Waals surface area (Å²) in [5, 5.41) is 7.53. The Balaban J connectivity index is 1.67. The van der Waals surface area contributed by atoms with Crippen molar-refractivity contribution >= 4 is 34.7 Å². The molecule has 2 N–H and O–H groups in total. The van der Waals surface area contributed by atoms with Gasteiger partial charge in [0.1, 0.15) is 11.5 Å². The predicted molar refractivity (Wildman–Crippen MR) is 129 cm³/mol. The van der Waals surface area contributed by atoms with Gasteiger partial charge in [-0.15, -0.1) is 11.3 Å². The fraction of sp³-hybridized carbons (Fsp3) is 0.320. The molecule has 0 aliphatic heterocycles. The van der Waals surface area contributed by atoms with Crippen LogP contribution in [0.1, 0.15) is 47.2 Å². The number of nitrogens with one attached hydrogen (secondary N) is 2. The lowest BCUT2D eigenvalue weighted by molar-refractivity contribution is -0.127. The van der Waals surface area contributed by atoms with Crippen LogP contribution in [0, 0.1) is 0 Å². The van der Waals surface area contributed by atoms with Gasteiger partial charge in [-0.1, -0.05) is 31.0 Å². The molecule has 1 aromatic carbocycles. The van der Waals surface area contributed by atoms with E-state index in [1.165, 1.54) is 29.6 Å². The summed E-state index contributed by atoms with van der Waals surface area (Å²) >= 11 is 1.28. The number of methoxy groups -OCH3 is 1. The third kappa shape index (κ3) is 5.31. The molecule has 4 rings (SSSR count). The number of carbonyl (C=O) groups is 3. The highest BCUT2D eigenvalue weighted by atomic mass is 32.1. The van der Waals surface area contributed by atoms with Crippen LogP contribution < -0.4 is 20.3 Å². The highest BCUT2D eigenvalue weighted by Gasteiger charge is 2.37. The molecule has 0 saturated heterocycles. The summed E-state index contributed by atoms with van der Waals surface area (Å²) in [6.45, 7) is -0.303. The van der Waals surface area contributed by atoms with E-state index >= 15 is 0 Å². The van der Waals surface area contributed by atoms with Gasteiger partial charge in [0, 0.05) is 6.04 Å². The number of anilines is 1. The van der Waals surface area contributed by atoms with Crippen molar-refractivity contribution in [2.75, 3.05) is 18.6 Å². The van der Waals surface area contributed by atoms with E-state index in [0.29, 0.717) is 22.1 Å². The van der Waals surface area contributed by atoms with Crippen molar-refractivity contribution in [3.63, 3.8) is 0 Å². The van der Waals surface area contributed by atoms with Crippen molar-refractivity contribution in [1.82, 2.24) is 10.6 Å². The molecule has 0 spiro atoms. The molecular formula is C25H27N3O5S. The first-order valence-electron chi connectivity index (χ1n) is 11.2. The van der Waals surface area contributed by atoms with Crippen LogP contribution in [0.2, 0.25) is 0 Å². The van der Waals surface area contributed by atoms with Crippen LogP contribution in [0.3, 0.4) is 0 Å². The van der Waals surface area contributed by atoms with E-state index in [9.17, 15) is 14.4 Å². The van der Waals surface area contributed by atoms with Crippen LogP contribution in [0.4, 0.5) is 5.69 Å². The van der Waals surface area contributed by atoms with Crippen LogP contribution >= 0.6 is 11.3 Å². The van der Waals surface area contributed by atoms with Gasteiger partial charge in [0.05, 0.1) is 30.5 Å². The molecular weight excluding hydrogens is 454 g/mol. The molecule has 8 nitrogen and oxygen atoms in total. The lowest BCUT2D eigenvalue weighted by atomic mass is 10.1. The minimum absolute atomic E-state index is 0.0538. The molecule has 1 aliphatic carbocycles. The lowest BCUT2D eigenvalue weighted by Gasteiger charge is -2.31. The maximum atomic E-state index is 13.6. The van der Waals surface area contributed by atoms with Crippen molar-refractivity contribution in [1.29, 1.82) is 0 Å². The van der Waals surface area contributed by atoms with Crippen LogP contribution in [0.25, 0.3) is 0 Å². The second-order valence-electron chi connectivity index (χ2n) is 8.00. The molecule has 1 fully saturated rings. The number of rotatable bonds is 9. The standard InChI is InChI=1S/C25H27N3O5S/c1-32-19-11-5-4-10-18(19)28(22(29)16-26-24(30)21-13-7-15-34-21)23(20-12-6-14-33-20)25(31)27-17-8-2-3-9-17/h4-7,10-15,17,23H,2-3,8-9,16H2,1H3,(H,26,30)(H,27,31)/t23-/m0/s1. The molecule has 0 radical (unpaired) electrons. The van der Waals surface area contributed by atoms with Crippen molar-refractivity contribution in [2.45, 2.75) is 37.8 Å². The first-order valence-corrected chi connectivity index (χ1v) is 12.1. The SMILES string of the molecule is COc1ccccc1N(C(=O)CNC(=O)c1cccs1)[C@H](C(=O)NC1CCCC1)c1ccco1. The van der Waals surface area contributed by atoms with E-state index < -0.39 is 11.9 Å². The molecule has 1 saturated carbocycles. The molecule has 9 heteroatoms. The summed E-state index contributed by atoms with van der Waals surface area (Å²) in [4.78, 5) is 41.5. The molecule has 0 bridgehead atoms. The Hall–Kier alpha value is -3.59. The van der Waals surface area contributed by atoms with E-state index in [-0.39, 0.29) is 24.4 Å². The Morgan fingerprint density at radius 2 is 1.91 bits per heavy atom. The van der Waals surface area contributed by atoms with Crippen LogP contribution in [0.15, 0.2) is 64.6 Å². The normalized spacial score (nSPS) is 14.4. The minimum Gasteiger partial charge on any atom is -0.495 e. The molecule has 3 aromatic rings. The predicted octanol–water partition coefficient (Wildman–Crippen LogP) is 3.91. The van der Waals surface area contributed by atoms with Crippen LogP contribution in [-0.4, -0.2) is 37.4 Å². The Kier molecular flexibility index (Phi) is 7.64. The number of para-hydroxylation sites is 2. The summed E-state index contributed by atoms with van der Waals surface area (Å²) in [5.41, 5.74) is 0.406. The smallest absolute Gasteiger partial charge is 0.261 e. The van der Waals surface area contributed by atoms with Gasteiger partial charge in [-0.2, -0.15) is 0 Å². The third-order valence-electron chi connectivity index (χ3n) is 5.78. The Morgan fingerprint density at radius 3 is 2.59 bits per heavy atom. The average molecular weight is 482 g/mol. The van der Waals surface area contributed by atoms with Gasteiger partial charge in [0.15, 0.2) is 6.04 Å². The summed E-state index contributed by atoms with van der Waals surface area (Å²) in [5.74, 6) is -0.429. The van der Waals surface area contributed by atoms with E-state index in [4.69, 9.17) is 9.15 Å². The Labute approximate surface area is 201 Å². The van der Waals surface area contributed by atoms with Gasteiger partial charge in [-0.3, -0.25) is 19.3 Å². The number of benzene rings is 1. The molecule has 0 unspecified atom stereocenters. The molecule has 1 aliphatic rings. The van der Waals surface area contributed by atoms with Gasteiger partial charge >= 0.3 is 0 Å². The summed E-state index contributed by atoms with van der Waals surface area (Å²) < 4.78 is 11.1. The number of thiophene rings is 1. The second kappa shape index (κ2) is 11.0.